The topological polar surface area (TPSA) is 95.8 Å². The van der Waals surface area contributed by atoms with E-state index in [0.717, 1.165) is 0 Å². The van der Waals surface area contributed by atoms with Crippen LogP contribution in [0.2, 0.25) is 0 Å². The largest absolute Gasteiger partial charge is 0.452 e. The second-order valence-electron chi connectivity index (χ2n) is 7.18. The molecule has 42 heavy (non-hydrogen) atoms. The lowest BCUT2D eigenvalue weighted by Gasteiger charge is -2.38. The predicted octanol–water partition coefficient (Wildman–Crippen LogP) is 7.38. The first-order valence-electron chi connectivity index (χ1n) is 9.93. The van der Waals surface area contributed by atoms with Gasteiger partial charge in [0.15, 0.2) is 0 Å². The lowest BCUT2D eigenvalue weighted by Crippen LogP contribution is -2.67. The standard InChI is InChI=1S/C16H12F18N2O6/c17-11(18,19)9(12(20,21)22,13(23,24)25)41-5-1-3-39-7(37)35-36-8(38)40-4-2-6-42-10(14(26,27)28,15(29,30)31)16(32,33)34/h1-6H2/b36-35+. The first kappa shape index (κ1) is 39.2. The van der Waals surface area contributed by atoms with Crippen molar-refractivity contribution in [1.82, 2.24) is 0 Å². The van der Waals surface area contributed by atoms with E-state index < -0.39 is 99.7 Å². The van der Waals surface area contributed by atoms with Crippen molar-refractivity contribution in [3.8, 4) is 0 Å². The predicted molar refractivity (Wildman–Crippen MR) is 90.5 cm³/mol. The van der Waals surface area contributed by atoms with Gasteiger partial charge in [-0.2, -0.15) is 79.0 Å². The molecule has 0 unspecified atom stereocenters. The van der Waals surface area contributed by atoms with Gasteiger partial charge in [-0.05, 0) is 0 Å². The van der Waals surface area contributed by atoms with Gasteiger partial charge >= 0.3 is 60.4 Å². The molecule has 0 bridgehead atoms. The Bertz CT molecular complexity index is 785. The van der Waals surface area contributed by atoms with Gasteiger partial charge in [-0.25, -0.2) is 9.59 Å². The van der Waals surface area contributed by atoms with Crippen LogP contribution < -0.4 is 0 Å². The molecule has 0 spiro atoms. The molecule has 0 aromatic carbocycles. The fourth-order valence-electron chi connectivity index (χ4n) is 2.48. The van der Waals surface area contributed by atoms with Gasteiger partial charge in [0.1, 0.15) is 0 Å². The first-order chi connectivity index (χ1) is 18.5. The smallest absolute Gasteiger partial charge is 0.447 e. The molecule has 0 aromatic rings. The summed E-state index contributed by atoms with van der Waals surface area (Å²) in [7, 11) is 0. The molecule has 8 nitrogen and oxygen atoms in total. The summed E-state index contributed by atoms with van der Waals surface area (Å²) in [5.41, 5.74) is -13.2. The van der Waals surface area contributed by atoms with E-state index in [-0.39, 0.29) is 0 Å². The molecule has 248 valence electrons. The Morgan fingerprint density at radius 3 is 0.810 bits per heavy atom. The summed E-state index contributed by atoms with van der Waals surface area (Å²) in [6, 6.07) is 0. The highest BCUT2D eigenvalue weighted by atomic mass is 19.4. The van der Waals surface area contributed by atoms with E-state index in [0.29, 0.717) is 0 Å². The van der Waals surface area contributed by atoms with E-state index in [1.54, 1.807) is 0 Å². The van der Waals surface area contributed by atoms with E-state index in [1.807, 2.05) is 0 Å². The number of carbonyl (C=O) groups is 2. The number of rotatable bonds is 10. The molecule has 0 N–H and O–H groups in total. The number of nitrogens with zero attached hydrogens (tertiary/aromatic N) is 2. The van der Waals surface area contributed by atoms with Gasteiger partial charge in [0, 0.05) is 12.8 Å². The Morgan fingerprint density at radius 2 is 0.619 bits per heavy atom. The number of hydrogen-bond acceptors (Lipinski definition) is 6. The van der Waals surface area contributed by atoms with Crippen molar-refractivity contribution in [3.05, 3.63) is 0 Å². The van der Waals surface area contributed by atoms with E-state index in [9.17, 15) is 88.6 Å². The third kappa shape index (κ3) is 8.85. The Kier molecular flexibility index (Phi) is 12.4. The SMILES string of the molecule is O=C(/N=N/C(=O)OCCCOC(C(F)(F)F)(C(F)(F)F)C(F)(F)F)OCCCOC(C(F)(F)F)(C(F)(F)F)C(F)(F)F. The molecule has 0 rings (SSSR count). The molecule has 0 fully saturated rings. The third-order valence-electron chi connectivity index (χ3n) is 4.27. The van der Waals surface area contributed by atoms with Gasteiger partial charge in [0.05, 0.1) is 26.4 Å². The van der Waals surface area contributed by atoms with Crippen molar-refractivity contribution in [1.29, 1.82) is 0 Å². The first-order valence-corrected chi connectivity index (χ1v) is 9.93. The minimum Gasteiger partial charge on any atom is -0.447 e. The summed E-state index contributed by atoms with van der Waals surface area (Å²) < 4.78 is 242. The lowest BCUT2D eigenvalue weighted by atomic mass is 10.0. The van der Waals surface area contributed by atoms with Crippen molar-refractivity contribution in [2.75, 3.05) is 26.4 Å². The molecule has 26 heteroatoms. The van der Waals surface area contributed by atoms with Crippen LogP contribution in [-0.4, -0.2) is 86.9 Å². The number of amides is 2. The van der Waals surface area contributed by atoms with Crippen LogP contribution in [0.15, 0.2) is 10.2 Å². The highest BCUT2D eigenvalue weighted by Gasteiger charge is 2.86. The Labute approximate surface area is 218 Å². The zero-order valence-corrected chi connectivity index (χ0v) is 19.4. The zero-order valence-electron chi connectivity index (χ0n) is 19.4. The van der Waals surface area contributed by atoms with Crippen molar-refractivity contribution in [2.45, 2.75) is 61.1 Å². The summed E-state index contributed by atoms with van der Waals surface area (Å²) in [6.45, 7) is -6.45. The van der Waals surface area contributed by atoms with Crippen LogP contribution in [0.1, 0.15) is 12.8 Å². The van der Waals surface area contributed by atoms with Crippen LogP contribution in [0, 0.1) is 0 Å². The lowest BCUT2D eigenvalue weighted by molar-refractivity contribution is -0.458. The maximum Gasteiger partial charge on any atom is 0.452 e. The molecule has 0 atom stereocenters. The van der Waals surface area contributed by atoms with Crippen molar-refractivity contribution < 1.29 is 108 Å². The van der Waals surface area contributed by atoms with Gasteiger partial charge in [0.2, 0.25) is 0 Å². The Hall–Kier alpha value is -2.80. The van der Waals surface area contributed by atoms with Crippen molar-refractivity contribution >= 4 is 12.2 Å². The summed E-state index contributed by atoms with van der Waals surface area (Å²) in [4.78, 5) is 22.3. The monoisotopic (exact) mass is 670 g/mol. The number of hydrogen-bond donors (Lipinski definition) is 0. The minimum atomic E-state index is -7.03. The van der Waals surface area contributed by atoms with Gasteiger partial charge in [-0.3, -0.25) is 0 Å². The molecule has 0 heterocycles. The van der Waals surface area contributed by atoms with Gasteiger partial charge < -0.3 is 18.9 Å². The Balaban J connectivity index is 4.84. The van der Waals surface area contributed by atoms with E-state index in [1.165, 1.54) is 0 Å². The van der Waals surface area contributed by atoms with Crippen molar-refractivity contribution in [2.24, 2.45) is 10.2 Å². The van der Waals surface area contributed by atoms with Gasteiger partial charge in [-0.15, -0.1) is 0 Å². The number of azo groups is 1. The fourth-order valence-corrected chi connectivity index (χ4v) is 2.48. The highest BCUT2D eigenvalue weighted by molar-refractivity contribution is 5.73. The minimum absolute atomic E-state index is 1.25. The summed E-state index contributed by atoms with van der Waals surface area (Å²) in [6.07, 6.45) is -48.6. The normalized spacial score (nSPS) is 14.8. The second-order valence-corrected chi connectivity index (χ2v) is 7.18. The summed E-state index contributed by atoms with van der Waals surface area (Å²) in [5, 5.41) is 4.71. The zero-order chi connectivity index (χ0) is 33.6. The van der Waals surface area contributed by atoms with Gasteiger partial charge in [0.25, 0.3) is 0 Å². The van der Waals surface area contributed by atoms with E-state index in [2.05, 4.69) is 29.2 Å². The number of alkyl halides is 18. The number of ether oxygens (including phenoxy) is 4. The van der Waals surface area contributed by atoms with Crippen LogP contribution in [0.3, 0.4) is 0 Å². The molecular weight excluding hydrogens is 658 g/mol. The van der Waals surface area contributed by atoms with Crippen LogP contribution >= 0.6 is 0 Å². The molecule has 0 aliphatic rings. The third-order valence-corrected chi connectivity index (χ3v) is 4.27. The van der Waals surface area contributed by atoms with E-state index >= 15 is 0 Å². The maximum atomic E-state index is 12.6. The summed E-state index contributed by atoms with van der Waals surface area (Å²) >= 11 is 0. The number of carbonyl (C=O) groups excluding carboxylic acids is 2. The van der Waals surface area contributed by atoms with Crippen LogP contribution in [0.25, 0.3) is 0 Å². The molecule has 0 aliphatic heterocycles. The molecule has 0 radical (unpaired) electrons. The molecule has 2 amide bonds. The Morgan fingerprint density at radius 1 is 0.405 bits per heavy atom. The average Bonchev–Trinajstić information content (AvgIpc) is 2.71. The average molecular weight is 670 g/mol. The molecule has 0 saturated carbocycles. The molecular formula is C16H12F18N2O6. The second kappa shape index (κ2) is 13.2. The molecule has 0 aromatic heterocycles. The summed E-state index contributed by atoms with van der Waals surface area (Å²) in [5.74, 6) is 0. The quantitative estimate of drug-likeness (QED) is 0.137. The maximum absolute atomic E-state index is 12.6. The van der Waals surface area contributed by atoms with E-state index in [4.69, 9.17) is 0 Å². The van der Waals surface area contributed by atoms with Crippen LogP contribution in [0.5, 0.6) is 0 Å². The fraction of sp³-hybridized carbons (Fsp3) is 0.875. The van der Waals surface area contributed by atoms with Crippen LogP contribution in [0.4, 0.5) is 88.6 Å². The highest BCUT2D eigenvalue weighted by Crippen LogP contribution is 2.56. The van der Waals surface area contributed by atoms with Gasteiger partial charge in [-0.1, -0.05) is 10.2 Å². The number of halogens is 18. The van der Waals surface area contributed by atoms with Crippen molar-refractivity contribution in [3.63, 3.8) is 0 Å². The molecule has 0 saturated heterocycles. The van der Waals surface area contributed by atoms with Crippen LogP contribution in [-0.2, 0) is 18.9 Å². The molecule has 0 aliphatic carbocycles.